The van der Waals surface area contributed by atoms with E-state index < -0.39 is 0 Å². The number of rotatable bonds is 0. The van der Waals surface area contributed by atoms with Gasteiger partial charge in [0.15, 0.2) is 0 Å². The molecular weight excluding hydrogens is 73.0 g/mol. The average molecular weight is 79.1 g/mol. The molecule has 0 saturated carbocycles. The van der Waals surface area contributed by atoms with Crippen LogP contribution in [0.1, 0.15) is 0 Å². The monoisotopic (exact) mass is 79.0 g/mol. The van der Waals surface area contributed by atoms with E-state index in [1.54, 1.807) is 0 Å². The van der Waals surface area contributed by atoms with E-state index in [9.17, 15) is 0 Å². The van der Waals surface area contributed by atoms with Gasteiger partial charge in [-0.2, -0.15) is 0 Å². The van der Waals surface area contributed by atoms with Crippen LogP contribution in [-0.4, -0.2) is 13.1 Å². The van der Waals surface area contributed by atoms with E-state index >= 15 is 0 Å². The minimum absolute atomic E-state index is 0. The summed E-state index contributed by atoms with van der Waals surface area (Å²) in [5.41, 5.74) is 0. The molecule has 1 nitrogen and oxygen atoms in total. The topological polar surface area (TPSA) is 12.0 Å². The van der Waals surface area contributed by atoms with Gasteiger partial charge in [-0.25, -0.2) is 0 Å². The van der Waals surface area contributed by atoms with Crippen LogP contribution in [0, 0.1) is 6.42 Å². The maximum atomic E-state index is 3.06. The van der Waals surface area contributed by atoms with Crippen LogP contribution in [-0.2, 0) is 0 Å². The number of hydrogen-bond donors (Lipinski definition) is 1. The molecule has 5 heavy (non-hydrogen) atoms. The van der Waals surface area contributed by atoms with Crippen molar-refractivity contribution >= 4 is 0 Å². The van der Waals surface area contributed by atoms with Crippen LogP contribution in [0.2, 0.25) is 0 Å². The van der Waals surface area contributed by atoms with E-state index in [2.05, 4.69) is 11.7 Å². The average Bonchev–Trinajstić information content (AvgIpc) is 0.722. The van der Waals surface area contributed by atoms with Gasteiger partial charge in [-0.15, -0.1) is 13.1 Å². The fourth-order valence-electron chi connectivity index (χ4n) is 0.144. The Morgan fingerprint density at radius 3 is 1.60 bits per heavy atom. The molecule has 1 fully saturated rings. The second-order valence-corrected chi connectivity index (χ2v) is 0.947. The summed E-state index contributed by atoms with van der Waals surface area (Å²) in [4.78, 5) is 0. The quantitative estimate of drug-likeness (QED) is 0.238. The first-order chi connectivity index (χ1) is 2.00. The van der Waals surface area contributed by atoms with E-state index in [0.29, 0.717) is 0 Å². The fraction of sp³-hybridized carbons (Fsp3) is 0.667. The molecule has 2 heteroatoms. The predicted molar refractivity (Wildman–Crippen MR) is 17.2 cm³/mol. The van der Waals surface area contributed by atoms with Gasteiger partial charge >= 0.3 is 29.6 Å². The number of hydrogen-bond acceptors (Lipinski definition) is 1. The Balaban J connectivity index is 0.000000160. The summed E-state index contributed by atoms with van der Waals surface area (Å²) in [6, 6.07) is 0. The van der Waals surface area contributed by atoms with Gasteiger partial charge in [-0.3, -0.25) is 0 Å². The second kappa shape index (κ2) is 3.16. The van der Waals surface area contributed by atoms with Gasteiger partial charge in [0, 0.05) is 0 Å². The zero-order chi connectivity index (χ0) is 2.83. The van der Waals surface area contributed by atoms with Gasteiger partial charge in [-0.05, 0) is 0 Å². The first kappa shape index (κ1) is 5.96. The zero-order valence-corrected chi connectivity index (χ0v) is 5.49. The molecule has 0 radical (unpaired) electrons. The Labute approximate surface area is 54.4 Å². The molecule has 0 atom stereocenters. The predicted octanol–water partition coefficient (Wildman–Crippen LogP) is -3.20. The minimum atomic E-state index is 0. The van der Waals surface area contributed by atoms with Crippen LogP contribution >= 0.6 is 0 Å². The Morgan fingerprint density at radius 1 is 1.40 bits per heavy atom. The molecule has 1 aliphatic heterocycles. The van der Waals surface area contributed by atoms with Crippen molar-refractivity contribution < 1.29 is 29.6 Å². The molecular formula is C3H6NNa. The van der Waals surface area contributed by atoms with Gasteiger partial charge < -0.3 is 11.7 Å². The van der Waals surface area contributed by atoms with Crippen molar-refractivity contribution in [1.82, 2.24) is 5.32 Å². The van der Waals surface area contributed by atoms with E-state index in [1.165, 1.54) is 0 Å². The Bertz CT molecular complexity index is 14.9. The second-order valence-electron chi connectivity index (χ2n) is 0.947. The van der Waals surface area contributed by atoms with Gasteiger partial charge in [0.1, 0.15) is 0 Å². The third-order valence-electron chi connectivity index (χ3n) is 0.577. The summed E-state index contributed by atoms with van der Waals surface area (Å²) in [7, 11) is 0. The molecule has 0 spiro atoms. The van der Waals surface area contributed by atoms with E-state index in [4.69, 9.17) is 0 Å². The van der Waals surface area contributed by atoms with Crippen LogP contribution in [0.4, 0.5) is 0 Å². The Morgan fingerprint density at radius 2 is 1.60 bits per heavy atom. The summed E-state index contributed by atoms with van der Waals surface area (Å²) in [6.45, 7) is 2.25. The van der Waals surface area contributed by atoms with Gasteiger partial charge in [0.05, 0.1) is 0 Å². The molecule has 0 bridgehead atoms. The molecule has 0 aromatic heterocycles. The fourth-order valence-corrected chi connectivity index (χ4v) is 0.144. The molecule has 1 rings (SSSR count). The SMILES string of the molecule is [CH-]1CNC1.[Na+]. The largest absolute Gasteiger partial charge is 1.00 e. The molecule has 24 valence electrons. The van der Waals surface area contributed by atoms with Gasteiger partial charge in [-0.1, -0.05) is 0 Å². The zero-order valence-electron chi connectivity index (χ0n) is 3.49. The minimum Gasteiger partial charge on any atom is -0.376 e. The van der Waals surface area contributed by atoms with E-state index in [0.717, 1.165) is 13.1 Å². The summed E-state index contributed by atoms with van der Waals surface area (Å²) >= 11 is 0. The maximum absolute atomic E-state index is 3.06. The summed E-state index contributed by atoms with van der Waals surface area (Å²) < 4.78 is 0. The van der Waals surface area contributed by atoms with Crippen LogP contribution in [0.5, 0.6) is 0 Å². The van der Waals surface area contributed by atoms with Gasteiger partial charge in [0.25, 0.3) is 0 Å². The first-order valence-corrected chi connectivity index (χ1v) is 1.52. The van der Waals surface area contributed by atoms with E-state index in [-0.39, 0.29) is 29.6 Å². The molecule has 0 unspecified atom stereocenters. The normalized spacial score (nSPS) is 19.2. The molecule has 0 aromatic carbocycles. The molecule has 0 aromatic rings. The summed E-state index contributed by atoms with van der Waals surface area (Å²) in [6.07, 6.45) is 2.19. The van der Waals surface area contributed by atoms with Crippen molar-refractivity contribution in [3.8, 4) is 0 Å². The molecule has 1 saturated heterocycles. The Hall–Kier alpha value is 0.960. The third kappa shape index (κ3) is 1.77. The van der Waals surface area contributed by atoms with Crippen LogP contribution in [0.25, 0.3) is 0 Å². The van der Waals surface area contributed by atoms with Crippen molar-refractivity contribution in [2.24, 2.45) is 0 Å². The smallest absolute Gasteiger partial charge is 0.376 e. The van der Waals surface area contributed by atoms with Gasteiger partial charge in [0.2, 0.25) is 0 Å². The molecule has 0 amide bonds. The molecule has 1 N–H and O–H groups in total. The molecule has 1 heterocycles. The van der Waals surface area contributed by atoms with Crippen LogP contribution in [0.3, 0.4) is 0 Å². The Kier molecular flexibility index (Phi) is 3.77. The summed E-state index contributed by atoms with van der Waals surface area (Å²) in [5, 5.41) is 3.06. The van der Waals surface area contributed by atoms with Crippen molar-refractivity contribution in [2.45, 2.75) is 0 Å². The molecule has 0 aliphatic carbocycles. The van der Waals surface area contributed by atoms with Crippen LogP contribution in [0.15, 0.2) is 0 Å². The van der Waals surface area contributed by atoms with E-state index in [1.807, 2.05) is 0 Å². The van der Waals surface area contributed by atoms with Crippen molar-refractivity contribution in [1.29, 1.82) is 0 Å². The third-order valence-corrected chi connectivity index (χ3v) is 0.577. The van der Waals surface area contributed by atoms with Crippen LogP contribution < -0.4 is 34.9 Å². The van der Waals surface area contributed by atoms with Crippen molar-refractivity contribution in [2.75, 3.05) is 13.1 Å². The van der Waals surface area contributed by atoms with Crippen molar-refractivity contribution in [3.63, 3.8) is 0 Å². The maximum Gasteiger partial charge on any atom is 1.00 e. The van der Waals surface area contributed by atoms with Crippen molar-refractivity contribution in [3.05, 3.63) is 6.42 Å². The standard InChI is InChI=1S/C3H6N.Na/c1-2-4-3-1;/h1,4H,2-3H2;/q-1;+1. The number of nitrogens with one attached hydrogen (secondary N) is 1. The first-order valence-electron chi connectivity index (χ1n) is 1.52. The molecule has 1 aliphatic rings. The summed E-state index contributed by atoms with van der Waals surface area (Å²) in [5.74, 6) is 0.